The minimum atomic E-state index is -4.62. The van der Waals surface area contributed by atoms with E-state index in [1.54, 1.807) is 0 Å². The Labute approximate surface area is 361 Å². The standard InChI is InChI=1S/C48H90NO9P/c1-3-5-7-9-11-13-15-17-19-21-23-24-26-28-30-32-34-36-38-40-47(50)58-45(43-56-59(53,54)57-44-46(49)48(51)52)42-55-41-39-37-35-33-31-29-27-25-22-20-18-16-14-12-10-8-6-4-2/h12,14,17-20,45-46H,3-11,13,15-16,21-44,49H2,1-2H3,(H,51,52)(H,53,54)/b14-12-,19-17-,20-18-. The van der Waals surface area contributed by atoms with E-state index in [0.29, 0.717) is 13.0 Å². The second-order valence-corrected chi connectivity index (χ2v) is 17.7. The number of aliphatic carboxylic acids is 1. The van der Waals surface area contributed by atoms with E-state index in [2.05, 4.69) is 50.3 Å². The minimum absolute atomic E-state index is 0.0134. The molecule has 11 heteroatoms. The van der Waals surface area contributed by atoms with Gasteiger partial charge in [-0.25, -0.2) is 4.57 Å². The van der Waals surface area contributed by atoms with Crippen LogP contribution in [-0.4, -0.2) is 60.5 Å². The molecule has 0 aromatic heterocycles. The molecule has 0 spiro atoms. The first-order chi connectivity index (χ1) is 28.7. The predicted octanol–water partition coefficient (Wildman–Crippen LogP) is 13.7. The molecule has 0 saturated heterocycles. The van der Waals surface area contributed by atoms with Crippen LogP contribution in [0.5, 0.6) is 0 Å². The summed E-state index contributed by atoms with van der Waals surface area (Å²) >= 11 is 0. The summed E-state index contributed by atoms with van der Waals surface area (Å²) in [6.07, 6.45) is 50.5. The van der Waals surface area contributed by atoms with Gasteiger partial charge in [0.15, 0.2) is 0 Å². The molecule has 59 heavy (non-hydrogen) atoms. The Hall–Kier alpha value is -1.81. The third-order valence-electron chi connectivity index (χ3n) is 10.4. The monoisotopic (exact) mass is 856 g/mol. The van der Waals surface area contributed by atoms with Gasteiger partial charge in [0.2, 0.25) is 0 Å². The number of carbonyl (C=O) groups excluding carboxylic acids is 1. The fourth-order valence-electron chi connectivity index (χ4n) is 6.63. The third-order valence-corrected chi connectivity index (χ3v) is 11.3. The summed E-state index contributed by atoms with van der Waals surface area (Å²) in [5.41, 5.74) is 5.37. The van der Waals surface area contributed by atoms with Crippen molar-refractivity contribution in [3.05, 3.63) is 36.5 Å². The number of esters is 1. The number of hydrogen-bond acceptors (Lipinski definition) is 8. The van der Waals surface area contributed by atoms with Crippen molar-refractivity contribution >= 4 is 19.8 Å². The first kappa shape index (κ1) is 57.2. The zero-order valence-electron chi connectivity index (χ0n) is 37.9. The molecule has 0 aliphatic heterocycles. The average Bonchev–Trinajstić information content (AvgIpc) is 3.21. The Morgan fingerprint density at radius 1 is 0.542 bits per heavy atom. The Morgan fingerprint density at radius 3 is 1.42 bits per heavy atom. The van der Waals surface area contributed by atoms with Gasteiger partial charge in [-0.2, -0.15) is 0 Å². The number of carbonyl (C=O) groups is 2. The molecule has 0 rings (SSSR count). The largest absolute Gasteiger partial charge is 0.480 e. The van der Waals surface area contributed by atoms with Gasteiger partial charge in [-0.15, -0.1) is 0 Å². The predicted molar refractivity (Wildman–Crippen MR) is 245 cm³/mol. The van der Waals surface area contributed by atoms with E-state index in [1.807, 2.05) is 0 Å². The molecule has 0 heterocycles. The topological polar surface area (TPSA) is 155 Å². The normalized spacial score (nSPS) is 14.1. The fraction of sp³-hybridized carbons (Fsp3) is 0.833. The number of nitrogens with two attached hydrogens (primary N) is 1. The average molecular weight is 856 g/mol. The molecule has 10 nitrogen and oxygen atoms in total. The van der Waals surface area contributed by atoms with Crippen molar-refractivity contribution in [3.8, 4) is 0 Å². The van der Waals surface area contributed by atoms with Gasteiger partial charge in [0, 0.05) is 13.0 Å². The van der Waals surface area contributed by atoms with Crippen molar-refractivity contribution in [1.29, 1.82) is 0 Å². The summed E-state index contributed by atoms with van der Waals surface area (Å²) < 4.78 is 33.4. The lowest BCUT2D eigenvalue weighted by Gasteiger charge is -2.20. The van der Waals surface area contributed by atoms with Crippen molar-refractivity contribution in [2.75, 3.05) is 26.4 Å². The smallest absolute Gasteiger partial charge is 0.472 e. The number of allylic oxidation sites excluding steroid dienone is 6. The first-order valence-corrected chi connectivity index (χ1v) is 25.5. The Bertz CT molecular complexity index is 1080. The van der Waals surface area contributed by atoms with Gasteiger partial charge in [0.1, 0.15) is 12.1 Å². The van der Waals surface area contributed by atoms with Crippen LogP contribution >= 0.6 is 7.82 Å². The van der Waals surface area contributed by atoms with Crippen LogP contribution in [0.25, 0.3) is 0 Å². The zero-order chi connectivity index (χ0) is 43.3. The third kappa shape index (κ3) is 44.1. The van der Waals surface area contributed by atoms with Gasteiger partial charge in [-0.1, -0.05) is 179 Å². The van der Waals surface area contributed by atoms with Crippen molar-refractivity contribution in [1.82, 2.24) is 0 Å². The first-order valence-electron chi connectivity index (χ1n) is 24.0. The SMILES string of the molecule is CCCCC/C=C\C/C=C\CCCCCCCCCCOCC(COP(=O)(O)OCC(N)C(=O)O)OC(=O)CCCCCCCCCCC/C=C\CCCCCCCC. The van der Waals surface area contributed by atoms with E-state index in [9.17, 15) is 19.0 Å². The number of phosphoric acid groups is 1. The van der Waals surface area contributed by atoms with Crippen LogP contribution in [0.4, 0.5) is 0 Å². The summed E-state index contributed by atoms with van der Waals surface area (Å²) in [6, 6.07) is -1.47. The van der Waals surface area contributed by atoms with E-state index >= 15 is 0 Å². The van der Waals surface area contributed by atoms with E-state index in [4.69, 9.17) is 29.4 Å². The van der Waals surface area contributed by atoms with Crippen molar-refractivity contribution in [2.45, 2.75) is 231 Å². The highest BCUT2D eigenvalue weighted by Gasteiger charge is 2.27. The highest BCUT2D eigenvalue weighted by atomic mass is 31.2. The Balaban J connectivity index is 4.18. The van der Waals surface area contributed by atoms with Gasteiger partial charge < -0.3 is 25.2 Å². The van der Waals surface area contributed by atoms with E-state index in [1.165, 1.54) is 141 Å². The minimum Gasteiger partial charge on any atom is -0.480 e. The van der Waals surface area contributed by atoms with Gasteiger partial charge in [0.05, 0.1) is 19.8 Å². The Morgan fingerprint density at radius 2 is 0.932 bits per heavy atom. The molecule has 4 N–H and O–H groups in total. The molecular formula is C48H90NO9P. The highest BCUT2D eigenvalue weighted by Crippen LogP contribution is 2.43. The van der Waals surface area contributed by atoms with Crippen LogP contribution < -0.4 is 5.73 Å². The van der Waals surface area contributed by atoms with Crippen LogP contribution in [0.2, 0.25) is 0 Å². The molecule has 0 aliphatic carbocycles. The Kier molecular flexibility index (Phi) is 42.9. The summed E-state index contributed by atoms with van der Waals surface area (Å²) in [7, 11) is -4.62. The number of ether oxygens (including phenoxy) is 2. The second kappa shape index (κ2) is 44.3. The number of hydrogen-bond donors (Lipinski definition) is 3. The lowest BCUT2D eigenvalue weighted by atomic mass is 10.1. The summed E-state index contributed by atoms with van der Waals surface area (Å²) in [6.45, 7) is 3.86. The number of carboxylic acids is 1. The number of phosphoric ester groups is 1. The van der Waals surface area contributed by atoms with Crippen LogP contribution in [-0.2, 0) is 32.7 Å². The van der Waals surface area contributed by atoms with Crippen LogP contribution in [0.1, 0.15) is 219 Å². The molecule has 0 aromatic carbocycles. The fourth-order valence-corrected chi connectivity index (χ4v) is 7.41. The molecule has 3 atom stereocenters. The number of rotatable bonds is 46. The molecule has 0 fully saturated rings. The van der Waals surface area contributed by atoms with Crippen LogP contribution in [0.3, 0.4) is 0 Å². The van der Waals surface area contributed by atoms with Gasteiger partial charge >= 0.3 is 19.8 Å². The zero-order valence-corrected chi connectivity index (χ0v) is 38.7. The maximum Gasteiger partial charge on any atom is 0.472 e. The summed E-state index contributed by atoms with van der Waals surface area (Å²) in [5, 5.41) is 8.91. The maximum absolute atomic E-state index is 12.7. The van der Waals surface area contributed by atoms with Crippen LogP contribution in [0, 0.1) is 0 Å². The van der Waals surface area contributed by atoms with E-state index in [-0.39, 0.29) is 13.0 Å². The lowest BCUT2D eigenvalue weighted by Crippen LogP contribution is -2.34. The highest BCUT2D eigenvalue weighted by molar-refractivity contribution is 7.47. The molecule has 0 bridgehead atoms. The lowest BCUT2D eigenvalue weighted by molar-refractivity contribution is -0.154. The van der Waals surface area contributed by atoms with Crippen LogP contribution in [0.15, 0.2) is 36.5 Å². The van der Waals surface area contributed by atoms with Crippen molar-refractivity contribution in [2.24, 2.45) is 5.73 Å². The molecule has 0 radical (unpaired) electrons. The molecule has 346 valence electrons. The molecule has 0 amide bonds. The van der Waals surface area contributed by atoms with E-state index in [0.717, 1.165) is 51.4 Å². The quantitative estimate of drug-likeness (QED) is 0.0233. The van der Waals surface area contributed by atoms with Gasteiger partial charge in [-0.05, 0) is 70.6 Å². The molecule has 0 aromatic rings. The molecular weight excluding hydrogens is 765 g/mol. The van der Waals surface area contributed by atoms with E-state index < -0.39 is 45.1 Å². The molecule has 0 aliphatic rings. The summed E-state index contributed by atoms with van der Waals surface area (Å²) in [4.78, 5) is 33.6. The second-order valence-electron chi connectivity index (χ2n) is 16.2. The van der Waals surface area contributed by atoms with Crippen molar-refractivity contribution < 1.29 is 42.7 Å². The molecule has 3 unspecified atom stereocenters. The van der Waals surface area contributed by atoms with Crippen molar-refractivity contribution in [3.63, 3.8) is 0 Å². The number of unbranched alkanes of at least 4 members (excludes halogenated alkanes) is 26. The maximum atomic E-state index is 12.7. The molecule has 0 saturated carbocycles. The van der Waals surface area contributed by atoms with Gasteiger partial charge in [-0.3, -0.25) is 18.6 Å². The number of carboxylic acid groups (broad SMARTS) is 1. The van der Waals surface area contributed by atoms with Gasteiger partial charge in [0.25, 0.3) is 0 Å². The summed E-state index contributed by atoms with van der Waals surface area (Å²) in [5.74, 6) is -1.78.